The summed E-state index contributed by atoms with van der Waals surface area (Å²) >= 11 is 3.66. The summed E-state index contributed by atoms with van der Waals surface area (Å²) in [5.74, 6) is 0. The molecule has 0 N–H and O–H groups in total. The molecule has 0 saturated heterocycles. The normalized spacial score (nSPS) is 12.4. The SMILES string of the molecule is CN(CCCI)S(=O)(=O)I. The first kappa shape index (κ1) is 11.4. The van der Waals surface area contributed by atoms with E-state index < -0.39 is 7.19 Å². The van der Waals surface area contributed by atoms with Crippen LogP contribution in [0.15, 0.2) is 0 Å². The number of hydrogen-bond acceptors (Lipinski definition) is 2. The van der Waals surface area contributed by atoms with E-state index in [9.17, 15) is 8.42 Å². The summed E-state index contributed by atoms with van der Waals surface area (Å²) in [5.41, 5.74) is 0. The van der Waals surface area contributed by atoms with E-state index in [2.05, 4.69) is 22.6 Å². The van der Waals surface area contributed by atoms with Crippen LogP contribution in [-0.4, -0.2) is 30.7 Å². The highest BCUT2D eigenvalue weighted by atomic mass is 127. The van der Waals surface area contributed by atoms with Crippen molar-refractivity contribution in [1.82, 2.24) is 4.31 Å². The topological polar surface area (TPSA) is 37.4 Å². The van der Waals surface area contributed by atoms with Gasteiger partial charge in [-0.05, 0) is 6.42 Å². The molecule has 0 atom stereocenters. The lowest BCUT2D eigenvalue weighted by molar-refractivity contribution is 0.487. The average molecular weight is 389 g/mol. The molecule has 10 heavy (non-hydrogen) atoms. The van der Waals surface area contributed by atoms with Gasteiger partial charge in [0.25, 0.3) is 7.19 Å². The number of nitrogens with zero attached hydrogens (tertiary/aromatic N) is 1. The molecule has 0 bridgehead atoms. The molecular formula is C4H9I2NO2S. The second kappa shape index (κ2) is 5.09. The Labute approximate surface area is 87.3 Å². The summed E-state index contributed by atoms with van der Waals surface area (Å²) in [6, 6.07) is 0. The van der Waals surface area contributed by atoms with Gasteiger partial charge in [0, 0.05) is 18.0 Å². The third kappa shape index (κ3) is 5.08. The highest BCUT2D eigenvalue weighted by molar-refractivity contribution is 14.2. The smallest absolute Gasteiger partial charge is 0.201 e. The van der Waals surface area contributed by atoms with Crippen LogP contribution in [0.4, 0.5) is 0 Å². The lowest BCUT2D eigenvalue weighted by atomic mass is 10.5. The van der Waals surface area contributed by atoms with Crippen molar-refractivity contribution in [2.24, 2.45) is 0 Å². The molecule has 62 valence electrons. The van der Waals surface area contributed by atoms with Crippen LogP contribution in [0.2, 0.25) is 0 Å². The third-order valence-corrected chi connectivity index (χ3v) is 4.69. The van der Waals surface area contributed by atoms with Crippen molar-refractivity contribution in [3.05, 3.63) is 0 Å². The van der Waals surface area contributed by atoms with E-state index in [1.807, 2.05) is 0 Å². The third-order valence-electron chi connectivity index (χ3n) is 0.979. The molecule has 6 heteroatoms. The predicted molar refractivity (Wildman–Crippen MR) is 59.1 cm³/mol. The van der Waals surface area contributed by atoms with E-state index in [0.29, 0.717) is 6.54 Å². The Bertz CT molecular complexity index is 180. The van der Waals surface area contributed by atoms with Crippen LogP contribution < -0.4 is 0 Å². The van der Waals surface area contributed by atoms with Gasteiger partial charge < -0.3 is 0 Å². The Morgan fingerprint density at radius 2 is 2.00 bits per heavy atom. The zero-order chi connectivity index (χ0) is 8.20. The minimum atomic E-state index is -2.98. The predicted octanol–water partition coefficient (Wildman–Crippen LogP) is 1.42. The Morgan fingerprint density at radius 1 is 1.50 bits per heavy atom. The zero-order valence-corrected chi connectivity index (χ0v) is 10.7. The molecule has 0 heterocycles. The molecule has 0 aliphatic rings. The first-order chi connectivity index (χ1) is 4.48. The Kier molecular flexibility index (Phi) is 5.79. The molecule has 0 unspecified atom stereocenters. The Hall–Kier alpha value is 1.37. The molecule has 0 saturated carbocycles. The monoisotopic (exact) mass is 389 g/mol. The van der Waals surface area contributed by atoms with Gasteiger partial charge in [-0.25, -0.2) is 8.42 Å². The van der Waals surface area contributed by atoms with Gasteiger partial charge in [0.15, 0.2) is 0 Å². The van der Waals surface area contributed by atoms with Crippen molar-refractivity contribution >= 4 is 51.0 Å². The lowest BCUT2D eigenvalue weighted by Gasteiger charge is -2.10. The molecule has 0 aliphatic heterocycles. The molecule has 0 fully saturated rings. The minimum absolute atomic E-state index is 0.619. The number of rotatable bonds is 4. The van der Waals surface area contributed by atoms with Crippen LogP contribution in [0.3, 0.4) is 0 Å². The summed E-state index contributed by atoms with van der Waals surface area (Å²) in [5, 5.41) is 0. The van der Waals surface area contributed by atoms with Gasteiger partial charge in [-0.3, -0.25) is 0 Å². The summed E-state index contributed by atoms with van der Waals surface area (Å²) in [6.45, 7) is 0.619. The lowest BCUT2D eigenvalue weighted by Crippen LogP contribution is -2.22. The van der Waals surface area contributed by atoms with E-state index in [0.717, 1.165) is 10.8 Å². The first-order valence-corrected chi connectivity index (χ1v) is 8.21. The largest absolute Gasteiger partial charge is 0.267 e. The molecule has 0 aromatic heterocycles. The summed E-state index contributed by atoms with van der Waals surface area (Å²) in [6.07, 6.45) is 0.916. The van der Waals surface area contributed by atoms with Gasteiger partial charge in [-0.15, -0.1) is 0 Å². The van der Waals surface area contributed by atoms with Crippen molar-refractivity contribution in [3.8, 4) is 0 Å². The fourth-order valence-corrected chi connectivity index (χ4v) is 1.67. The van der Waals surface area contributed by atoms with Crippen molar-refractivity contribution in [1.29, 1.82) is 0 Å². The fourth-order valence-electron chi connectivity index (χ4n) is 0.391. The number of hydrogen-bond donors (Lipinski definition) is 0. The Morgan fingerprint density at radius 3 is 2.30 bits per heavy atom. The van der Waals surface area contributed by atoms with E-state index in [4.69, 9.17) is 0 Å². The van der Waals surface area contributed by atoms with Gasteiger partial charge in [0.2, 0.25) is 0 Å². The van der Waals surface area contributed by atoms with Gasteiger partial charge in [0.05, 0.1) is 21.2 Å². The molecule has 0 radical (unpaired) electrons. The summed E-state index contributed by atoms with van der Waals surface area (Å²) < 4.78 is 23.8. The number of alkyl halides is 1. The molecule has 0 aliphatic carbocycles. The van der Waals surface area contributed by atoms with Crippen molar-refractivity contribution in [3.63, 3.8) is 0 Å². The standard InChI is InChI=1S/C4H9I2NO2S/c1-7(4-2-3-5)10(6,8)9/h2-4H2,1H3. The molecule has 0 aromatic carbocycles. The highest BCUT2D eigenvalue weighted by Crippen LogP contribution is 2.07. The maximum absolute atomic E-state index is 10.7. The Balaban J connectivity index is 3.75. The van der Waals surface area contributed by atoms with Gasteiger partial charge in [0.1, 0.15) is 0 Å². The van der Waals surface area contributed by atoms with Crippen LogP contribution in [0.1, 0.15) is 6.42 Å². The highest BCUT2D eigenvalue weighted by Gasteiger charge is 2.10. The van der Waals surface area contributed by atoms with E-state index in [1.54, 1.807) is 7.05 Å². The quantitative estimate of drug-likeness (QED) is 0.415. The fraction of sp³-hybridized carbons (Fsp3) is 1.00. The van der Waals surface area contributed by atoms with Crippen LogP contribution >= 0.6 is 43.8 Å². The van der Waals surface area contributed by atoms with Gasteiger partial charge >= 0.3 is 0 Å². The summed E-state index contributed by atoms with van der Waals surface area (Å²) in [7, 11) is -1.38. The average Bonchev–Trinajstić information content (AvgIpc) is 1.80. The van der Waals surface area contributed by atoms with E-state index >= 15 is 0 Å². The van der Waals surface area contributed by atoms with Crippen LogP contribution in [0.5, 0.6) is 0 Å². The van der Waals surface area contributed by atoms with Crippen molar-refractivity contribution < 1.29 is 8.42 Å². The van der Waals surface area contributed by atoms with E-state index in [-0.39, 0.29) is 0 Å². The maximum Gasteiger partial charge on any atom is 0.267 e. The van der Waals surface area contributed by atoms with Crippen molar-refractivity contribution in [2.75, 3.05) is 18.0 Å². The van der Waals surface area contributed by atoms with Crippen LogP contribution in [0, 0.1) is 0 Å². The zero-order valence-electron chi connectivity index (χ0n) is 5.55. The summed E-state index contributed by atoms with van der Waals surface area (Å²) in [4.78, 5) is 0. The molecule has 0 rings (SSSR count). The maximum atomic E-state index is 10.7. The first-order valence-electron chi connectivity index (χ1n) is 2.70. The van der Waals surface area contributed by atoms with Gasteiger partial charge in [-0.1, -0.05) is 22.6 Å². The van der Waals surface area contributed by atoms with Gasteiger partial charge in [-0.2, -0.15) is 4.31 Å². The van der Waals surface area contributed by atoms with Crippen LogP contribution in [0.25, 0.3) is 0 Å². The second-order valence-corrected chi connectivity index (χ2v) is 7.67. The second-order valence-electron chi connectivity index (χ2n) is 1.81. The molecule has 0 amide bonds. The number of halogens is 2. The molecular weight excluding hydrogens is 380 g/mol. The van der Waals surface area contributed by atoms with E-state index in [1.165, 1.54) is 25.5 Å². The minimum Gasteiger partial charge on any atom is -0.201 e. The molecule has 0 spiro atoms. The molecule has 3 nitrogen and oxygen atoms in total. The van der Waals surface area contributed by atoms with Crippen LogP contribution in [-0.2, 0) is 7.19 Å². The molecule has 0 aromatic rings. The van der Waals surface area contributed by atoms with Crippen molar-refractivity contribution in [2.45, 2.75) is 6.42 Å².